The van der Waals surface area contributed by atoms with Crippen molar-refractivity contribution in [2.45, 2.75) is 12.8 Å². The van der Waals surface area contributed by atoms with Gasteiger partial charge in [0.2, 0.25) is 6.79 Å². The highest BCUT2D eigenvalue weighted by atomic mass is 19.1. The van der Waals surface area contributed by atoms with Gasteiger partial charge in [-0.3, -0.25) is 0 Å². The van der Waals surface area contributed by atoms with Crippen molar-refractivity contribution in [3.63, 3.8) is 0 Å². The minimum absolute atomic E-state index is 0.201. The molecule has 3 heterocycles. The Kier molecular flexibility index (Phi) is 4.43. The number of aromatic nitrogens is 1. The number of carboxylic acids is 1. The lowest BCUT2D eigenvalue weighted by molar-refractivity contribution is 0.0697. The van der Waals surface area contributed by atoms with Crippen LogP contribution in [0, 0.1) is 5.82 Å². The summed E-state index contributed by atoms with van der Waals surface area (Å²) in [7, 11) is 0. The molecule has 4 aromatic rings. The number of aryl methyl sites for hydroxylation is 1. The molecular formula is C26H19FN2O4. The first-order valence-electron chi connectivity index (χ1n) is 10.7. The lowest BCUT2D eigenvalue weighted by atomic mass is 9.98. The third-order valence-electron chi connectivity index (χ3n) is 6.14. The van der Waals surface area contributed by atoms with E-state index >= 15 is 0 Å². The molecule has 0 spiro atoms. The number of benzene rings is 3. The number of ether oxygens (including phenoxy) is 2. The summed E-state index contributed by atoms with van der Waals surface area (Å²) in [6, 6.07) is 17.1. The predicted octanol–water partition coefficient (Wildman–Crippen LogP) is 5.55. The van der Waals surface area contributed by atoms with Gasteiger partial charge in [-0.1, -0.05) is 0 Å². The van der Waals surface area contributed by atoms with Gasteiger partial charge in [-0.05, 0) is 73.0 Å². The van der Waals surface area contributed by atoms with E-state index in [-0.39, 0.29) is 18.2 Å². The number of hydrogen-bond acceptors (Lipinski definition) is 5. The van der Waals surface area contributed by atoms with Gasteiger partial charge in [0.05, 0.1) is 22.5 Å². The number of carboxylic acid groups (broad SMARTS) is 1. The maximum atomic E-state index is 13.6. The van der Waals surface area contributed by atoms with Crippen molar-refractivity contribution in [1.29, 1.82) is 0 Å². The van der Waals surface area contributed by atoms with Gasteiger partial charge in [0.15, 0.2) is 11.5 Å². The molecule has 0 aliphatic carbocycles. The number of anilines is 2. The Balaban J connectivity index is 1.58. The number of fused-ring (bicyclic) bond motifs is 3. The minimum atomic E-state index is -0.989. The predicted molar refractivity (Wildman–Crippen MR) is 122 cm³/mol. The highest BCUT2D eigenvalue weighted by Gasteiger charge is 2.26. The molecule has 6 nitrogen and oxygen atoms in total. The summed E-state index contributed by atoms with van der Waals surface area (Å²) < 4.78 is 24.8. The molecule has 0 fully saturated rings. The smallest absolute Gasteiger partial charge is 0.335 e. The summed E-state index contributed by atoms with van der Waals surface area (Å²) in [5, 5.41) is 10.2. The van der Waals surface area contributed by atoms with Crippen LogP contribution in [0.2, 0.25) is 0 Å². The Hall–Kier alpha value is -4.13. The lowest BCUT2D eigenvalue weighted by Crippen LogP contribution is -2.25. The second-order valence-electron chi connectivity index (χ2n) is 8.17. The third kappa shape index (κ3) is 3.33. The van der Waals surface area contributed by atoms with Crippen LogP contribution in [0.15, 0.2) is 60.7 Å². The second kappa shape index (κ2) is 7.48. The van der Waals surface area contributed by atoms with Crippen LogP contribution in [0.3, 0.4) is 0 Å². The third-order valence-corrected chi connectivity index (χ3v) is 6.14. The maximum absolute atomic E-state index is 13.6. The van der Waals surface area contributed by atoms with Gasteiger partial charge in [0.25, 0.3) is 0 Å². The van der Waals surface area contributed by atoms with E-state index in [1.165, 1.54) is 12.1 Å². The van der Waals surface area contributed by atoms with E-state index in [4.69, 9.17) is 14.5 Å². The van der Waals surface area contributed by atoms with Crippen LogP contribution in [0.1, 0.15) is 22.3 Å². The van der Waals surface area contributed by atoms with Crippen molar-refractivity contribution in [2.75, 3.05) is 18.2 Å². The Labute approximate surface area is 188 Å². The lowest BCUT2D eigenvalue weighted by Gasteiger charge is -2.33. The van der Waals surface area contributed by atoms with Gasteiger partial charge >= 0.3 is 5.97 Å². The highest BCUT2D eigenvalue weighted by molar-refractivity contribution is 5.97. The fourth-order valence-electron chi connectivity index (χ4n) is 4.55. The summed E-state index contributed by atoms with van der Waals surface area (Å²) >= 11 is 0. The number of hydrogen-bond donors (Lipinski definition) is 1. The van der Waals surface area contributed by atoms with Crippen LogP contribution in [0.5, 0.6) is 11.5 Å². The van der Waals surface area contributed by atoms with E-state index in [2.05, 4.69) is 4.90 Å². The molecule has 2 aliphatic rings. The standard InChI is InChI=1S/C26H19FN2O4/c27-19-6-3-15(4-7-19)25-22(11-18-10-17(26(30)31)5-8-20(18)28-25)29-9-1-2-16-12-23-24(13-21(16)29)33-14-32-23/h3-8,10-13H,1-2,9,14H2,(H,30,31). The first-order valence-corrected chi connectivity index (χ1v) is 10.7. The molecule has 1 aromatic heterocycles. The Morgan fingerprint density at radius 1 is 0.970 bits per heavy atom. The van der Waals surface area contributed by atoms with E-state index in [0.717, 1.165) is 53.0 Å². The first kappa shape index (κ1) is 19.5. The monoisotopic (exact) mass is 442 g/mol. The molecule has 0 atom stereocenters. The first-order chi connectivity index (χ1) is 16.1. The average molecular weight is 442 g/mol. The molecule has 0 radical (unpaired) electrons. The van der Waals surface area contributed by atoms with Gasteiger partial charge in [-0.25, -0.2) is 14.2 Å². The number of halogens is 1. The molecule has 0 unspecified atom stereocenters. The zero-order valence-electron chi connectivity index (χ0n) is 17.5. The van der Waals surface area contributed by atoms with Crippen LogP contribution in [-0.2, 0) is 6.42 Å². The molecular weight excluding hydrogens is 423 g/mol. The molecule has 0 saturated heterocycles. The molecule has 164 valence electrons. The quantitative estimate of drug-likeness (QED) is 0.448. The van der Waals surface area contributed by atoms with Crippen LogP contribution in [0.4, 0.5) is 15.8 Å². The maximum Gasteiger partial charge on any atom is 0.335 e. The van der Waals surface area contributed by atoms with Crippen LogP contribution in [-0.4, -0.2) is 29.4 Å². The van der Waals surface area contributed by atoms with Crippen molar-refractivity contribution in [2.24, 2.45) is 0 Å². The Bertz CT molecular complexity index is 1420. The van der Waals surface area contributed by atoms with Gasteiger partial charge in [-0.2, -0.15) is 0 Å². The van der Waals surface area contributed by atoms with Crippen LogP contribution >= 0.6 is 0 Å². The largest absolute Gasteiger partial charge is 0.478 e. The molecule has 1 N–H and O–H groups in total. The minimum Gasteiger partial charge on any atom is -0.478 e. The van der Waals surface area contributed by atoms with Crippen molar-refractivity contribution in [3.05, 3.63) is 77.6 Å². The molecule has 2 aliphatic heterocycles. The second-order valence-corrected chi connectivity index (χ2v) is 8.17. The SMILES string of the molecule is O=C(O)c1ccc2nc(-c3ccc(F)cc3)c(N3CCCc4cc5c(cc43)OCO5)cc2c1. The van der Waals surface area contributed by atoms with Crippen molar-refractivity contribution in [3.8, 4) is 22.8 Å². The molecule has 33 heavy (non-hydrogen) atoms. The summed E-state index contributed by atoms with van der Waals surface area (Å²) in [5.41, 5.74) is 5.34. The number of pyridine rings is 1. The highest BCUT2D eigenvalue weighted by Crippen LogP contribution is 2.45. The van der Waals surface area contributed by atoms with Crippen LogP contribution in [0.25, 0.3) is 22.2 Å². The van der Waals surface area contributed by atoms with Crippen molar-refractivity contribution >= 4 is 28.2 Å². The molecule has 0 bridgehead atoms. The molecule has 0 amide bonds. The summed E-state index contributed by atoms with van der Waals surface area (Å²) in [6.07, 6.45) is 1.85. The molecule has 7 heteroatoms. The zero-order chi connectivity index (χ0) is 22.5. The van der Waals surface area contributed by atoms with Crippen molar-refractivity contribution < 1.29 is 23.8 Å². The molecule has 6 rings (SSSR count). The summed E-state index contributed by atoms with van der Waals surface area (Å²) in [4.78, 5) is 18.6. The topological polar surface area (TPSA) is 71.9 Å². The fraction of sp³-hybridized carbons (Fsp3) is 0.154. The van der Waals surface area contributed by atoms with E-state index in [9.17, 15) is 14.3 Å². The average Bonchev–Trinajstić information content (AvgIpc) is 3.29. The number of nitrogens with zero attached hydrogens (tertiary/aromatic N) is 2. The Morgan fingerprint density at radius 2 is 1.76 bits per heavy atom. The van der Waals surface area contributed by atoms with Gasteiger partial charge in [0.1, 0.15) is 5.82 Å². The van der Waals surface area contributed by atoms with Gasteiger partial charge < -0.3 is 19.5 Å². The number of rotatable bonds is 3. The normalized spacial score (nSPS) is 14.4. The number of carbonyl (C=O) groups is 1. The summed E-state index contributed by atoms with van der Waals surface area (Å²) in [5.74, 6) is 0.142. The van der Waals surface area contributed by atoms with Crippen molar-refractivity contribution in [1.82, 2.24) is 4.98 Å². The van der Waals surface area contributed by atoms with E-state index < -0.39 is 5.97 Å². The van der Waals surface area contributed by atoms with Crippen LogP contribution < -0.4 is 14.4 Å². The van der Waals surface area contributed by atoms with E-state index in [0.29, 0.717) is 17.0 Å². The molecule has 0 saturated carbocycles. The van der Waals surface area contributed by atoms with Gasteiger partial charge in [0, 0.05) is 29.2 Å². The van der Waals surface area contributed by atoms with E-state index in [1.54, 1.807) is 30.3 Å². The Morgan fingerprint density at radius 3 is 2.55 bits per heavy atom. The van der Waals surface area contributed by atoms with Gasteiger partial charge in [-0.15, -0.1) is 0 Å². The zero-order valence-corrected chi connectivity index (χ0v) is 17.5. The summed E-state index contributed by atoms with van der Waals surface area (Å²) in [6.45, 7) is 0.960. The van der Waals surface area contributed by atoms with E-state index in [1.807, 2.05) is 18.2 Å². The molecule has 3 aromatic carbocycles. The number of aromatic carboxylic acids is 1. The fourth-order valence-corrected chi connectivity index (χ4v) is 4.55.